The summed E-state index contributed by atoms with van der Waals surface area (Å²) in [6.45, 7) is 0. The van der Waals surface area contributed by atoms with Crippen LogP contribution in [-0.2, 0) is 9.59 Å². The summed E-state index contributed by atoms with van der Waals surface area (Å²) in [7, 11) is 0. The molecule has 0 aliphatic carbocycles. The Bertz CT molecular complexity index is 97.1. The number of carboxylic acids is 2. The van der Waals surface area contributed by atoms with E-state index in [4.69, 9.17) is 10.2 Å². The molecule has 0 unspecified atom stereocenters. The van der Waals surface area contributed by atoms with Gasteiger partial charge >= 0.3 is 11.9 Å². The molecule has 0 bridgehead atoms. The maximum atomic E-state index is 9.64. The van der Waals surface area contributed by atoms with Crippen LogP contribution in [0.15, 0.2) is 0 Å². The number of aliphatic carboxylic acids is 2. The third kappa shape index (κ3) is 11.2. The van der Waals surface area contributed by atoms with Crippen molar-refractivity contribution >= 4 is 29.5 Å². The first-order valence-corrected chi connectivity index (χ1v) is 2.06. The molecule has 0 heterocycles. The van der Waals surface area contributed by atoms with E-state index in [-0.39, 0.29) is 30.4 Å². The van der Waals surface area contributed by atoms with Crippen LogP contribution in [0.1, 0.15) is 12.8 Å². The van der Waals surface area contributed by atoms with Crippen LogP contribution in [0.4, 0.5) is 0 Å². The van der Waals surface area contributed by atoms with Crippen molar-refractivity contribution in [2.45, 2.75) is 12.8 Å². The van der Waals surface area contributed by atoms with Gasteiger partial charge in [-0.05, 0) is 0 Å². The molecule has 0 aromatic carbocycles. The van der Waals surface area contributed by atoms with E-state index in [0.29, 0.717) is 0 Å². The molecule has 0 amide bonds. The van der Waals surface area contributed by atoms with E-state index in [1.165, 1.54) is 0 Å². The predicted molar refractivity (Wildman–Crippen MR) is 30.3 cm³/mol. The summed E-state index contributed by atoms with van der Waals surface area (Å²) in [4.78, 5) is 19.3. The molecule has 0 fully saturated rings. The number of carboxylic acid groups (broad SMARTS) is 2. The Balaban J connectivity index is 0. The van der Waals surface area contributed by atoms with Crippen molar-refractivity contribution in [1.82, 2.24) is 0 Å². The number of rotatable bonds is 3. The van der Waals surface area contributed by atoms with Crippen molar-refractivity contribution in [3.63, 3.8) is 0 Å². The Kier molecular flexibility index (Phi) is 7.05. The Morgan fingerprint density at radius 2 is 1.22 bits per heavy atom. The van der Waals surface area contributed by atoms with Gasteiger partial charge in [0.25, 0.3) is 0 Å². The van der Waals surface area contributed by atoms with Crippen LogP contribution in [-0.4, -0.2) is 39.7 Å². The van der Waals surface area contributed by atoms with Gasteiger partial charge in [0.1, 0.15) is 0 Å². The number of hydrogen-bond acceptors (Lipinski definition) is 2. The summed E-state index contributed by atoms with van der Waals surface area (Å²) in [5.74, 6) is -2.15. The standard InChI is InChI=1S/C4H6O4.Ge/c5-3(6)1-2-4(7)8;/h1-2H2,(H,5,6)(H,7,8);. The molecule has 4 nitrogen and oxygen atoms in total. The fraction of sp³-hybridized carbons (Fsp3) is 0.500. The van der Waals surface area contributed by atoms with Crippen molar-refractivity contribution in [1.29, 1.82) is 0 Å². The molecule has 0 aliphatic heterocycles. The largest absolute Gasteiger partial charge is 0.481 e. The zero-order chi connectivity index (χ0) is 6.57. The first-order chi connectivity index (χ1) is 3.63. The first-order valence-electron chi connectivity index (χ1n) is 2.06. The molecule has 0 aromatic heterocycles. The second-order valence-corrected chi connectivity index (χ2v) is 1.29. The van der Waals surface area contributed by atoms with Gasteiger partial charge in [-0.1, -0.05) is 0 Å². The van der Waals surface area contributed by atoms with Crippen LogP contribution in [0.5, 0.6) is 0 Å². The summed E-state index contributed by atoms with van der Waals surface area (Å²) in [6.07, 6.45) is -0.593. The maximum Gasteiger partial charge on any atom is 0.303 e. The molecule has 0 aliphatic rings. The minimum absolute atomic E-state index is 0. The first kappa shape index (κ1) is 11.3. The molecule has 5 heteroatoms. The fourth-order valence-electron chi connectivity index (χ4n) is 0.214. The van der Waals surface area contributed by atoms with E-state index >= 15 is 0 Å². The van der Waals surface area contributed by atoms with Crippen LogP contribution in [0.2, 0.25) is 0 Å². The molecule has 2 N–H and O–H groups in total. The Morgan fingerprint density at radius 1 is 1.00 bits per heavy atom. The van der Waals surface area contributed by atoms with E-state index in [1.807, 2.05) is 0 Å². The minimum atomic E-state index is -1.08. The van der Waals surface area contributed by atoms with E-state index in [2.05, 4.69) is 0 Å². The number of carbonyl (C=O) groups is 2. The summed E-state index contributed by atoms with van der Waals surface area (Å²) < 4.78 is 0. The SMILES string of the molecule is O=C(O)CCC(=O)O.[Ge]. The van der Waals surface area contributed by atoms with Gasteiger partial charge in [-0.15, -0.1) is 0 Å². The average molecular weight is 191 g/mol. The van der Waals surface area contributed by atoms with Gasteiger partial charge in [0.05, 0.1) is 12.8 Å². The van der Waals surface area contributed by atoms with Gasteiger partial charge in [-0.2, -0.15) is 0 Å². The Labute approximate surface area is 62.8 Å². The van der Waals surface area contributed by atoms with Crippen LogP contribution in [0, 0.1) is 0 Å². The molecule has 0 aromatic rings. The van der Waals surface area contributed by atoms with Gasteiger partial charge < -0.3 is 10.2 Å². The van der Waals surface area contributed by atoms with Crippen LogP contribution in [0.3, 0.4) is 0 Å². The van der Waals surface area contributed by atoms with Crippen molar-refractivity contribution in [2.24, 2.45) is 0 Å². The van der Waals surface area contributed by atoms with Gasteiger partial charge in [-0.25, -0.2) is 0 Å². The maximum absolute atomic E-state index is 9.64. The van der Waals surface area contributed by atoms with Gasteiger partial charge in [-0.3, -0.25) is 9.59 Å². The zero-order valence-electron chi connectivity index (χ0n) is 4.63. The molecule has 50 valence electrons. The molecule has 0 atom stereocenters. The van der Waals surface area contributed by atoms with Gasteiger partial charge in [0, 0.05) is 17.6 Å². The molecular weight excluding hydrogens is 185 g/mol. The Morgan fingerprint density at radius 3 is 1.33 bits per heavy atom. The third-order valence-electron chi connectivity index (χ3n) is 0.553. The normalized spacial score (nSPS) is 7.56. The fourth-order valence-corrected chi connectivity index (χ4v) is 0.214. The van der Waals surface area contributed by atoms with E-state index in [1.54, 1.807) is 0 Å². The third-order valence-corrected chi connectivity index (χ3v) is 0.553. The van der Waals surface area contributed by atoms with Gasteiger partial charge in [0.15, 0.2) is 0 Å². The molecule has 0 spiro atoms. The van der Waals surface area contributed by atoms with Crippen molar-refractivity contribution < 1.29 is 19.8 Å². The molecule has 9 heavy (non-hydrogen) atoms. The van der Waals surface area contributed by atoms with Crippen molar-refractivity contribution in [3.05, 3.63) is 0 Å². The summed E-state index contributed by atoms with van der Waals surface area (Å²) in [6, 6.07) is 0. The number of hydrogen-bond donors (Lipinski definition) is 2. The molecule has 0 saturated carbocycles. The van der Waals surface area contributed by atoms with Crippen molar-refractivity contribution in [3.8, 4) is 0 Å². The molecule has 0 rings (SSSR count). The molecule has 0 saturated heterocycles. The smallest absolute Gasteiger partial charge is 0.303 e. The minimum Gasteiger partial charge on any atom is -0.481 e. The van der Waals surface area contributed by atoms with E-state index in [0.717, 1.165) is 0 Å². The second-order valence-electron chi connectivity index (χ2n) is 1.29. The summed E-state index contributed by atoms with van der Waals surface area (Å²) in [5, 5.41) is 15.8. The monoisotopic (exact) mass is 192 g/mol. The van der Waals surface area contributed by atoms with Crippen molar-refractivity contribution in [2.75, 3.05) is 0 Å². The van der Waals surface area contributed by atoms with E-state index in [9.17, 15) is 9.59 Å². The molecule has 4 radical (unpaired) electrons. The predicted octanol–water partition coefficient (Wildman–Crippen LogP) is -0.445. The zero-order valence-corrected chi connectivity index (χ0v) is 6.72. The van der Waals surface area contributed by atoms with Crippen LogP contribution < -0.4 is 0 Å². The Hall–Kier alpha value is -0.517. The summed E-state index contributed by atoms with van der Waals surface area (Å²) >= 11 is 0. The quantitative estimate of drug-likeness (QED) is 0.592. The van der Waals surface area contributed by atoms with Gasteiger partial charge in [0.2, 0.25) is 0 Å². The summed E-state index contributed by atoms with van der Waals surface area (Å²) in [5.41, 5.74) is 0. The average Bonchev–Trinajstić information content (AvgIpc) is 1.61. The second kappa shape index (κ2) is 5.62. The van der Waals surface area contributed by atoms with E-state index < -0.39 is 11.9 Å². The van der Waals surface area contributed by atoms with Crippen LogP contribution in [0.25, 0.3) is 0 Å². The topological polar surface area (TPSA) is 74.6 Å². The molecular formula is C4H6GeO4. The van der Waals surface area contributed by atoms with Crippen LogP contribution >= 0.6 is 0 Å².